The van der Waals surface area contributed by atoms with Crippen molar-refractivity contribution in [1.29, 1.82) is 0 Å². The molecular weight excluding hydrogens is 184 g/mol. The fraction of sp³-hybridized carbons (Fsp3) is 0.556. The van der Waals surface area contributed by atoms with E-state index in [0.29, 0.717) is 5.13 Å². The molecule has 4 heteroatoms. The minimum atomic E-state index is 0.00831. The van der Waals surface area contributed by atoms with Crippen molar-refractivity contribution in [3.63, 3.8) is 0 Å². The van der Waals surface area contributed by atoms with E-state index in [1.165, 1.54) is 11.3 Å². The van der Waals surface area contributed by atoms with Gasteiger partial charge < -0.3 is 5.32 Å². The van der Waals surface area contributed by atoms with Gasteiger partial charge in [-0.15, -0.1) is 11.3 Å². The normalized spacial score (nSPS) is 10.5. The van der Waals surface area contributed by atoms with Gasteiger partial charge in [0.1, 0.15) is 0 Å². The van der Waals surface area contributed by atoms with E-state index in [1.54, 1.807) is 0 Å². The number of aryl methyl sites for hydroxylation is 1. The second-order valence-electron chi connectivity index (χ2n) is 3.14. The molecule has 1 rings (SSSR count). The Morgan fingerprint density at radius 2 is 2.38 bits per heavy atom. The van der Waals surface area contributed by atoms with E-state index >= 15 is 0 Å². The van der Waals surface area contributed by atoms with Crippen molar-refractivity contribution in [2.75, 3.05) is 5.32 Å². The number of anilines is 1. The molecule has 0 aliphatic carbocycles. The van der Waals surface area contributed by atoms with Gasteiger partial charge in [-0.05, 0) is 6.42 Å². The second kappa shape index (κ2) is 4.37. The summed E-state index contributed by atoms with van der Waals surface area (Å²) in [4.78, 5) is 15.5. The first-order valence-electron chi connectivity index (χ1n) is 4.38. The third kappa shape index (κ3) is 2.81. The molecule has 72 valence electrons. The van der Waals surface area contributed by atoms with Crippen LogP contribution in [0.1, 0.15) is 26.5 Å². The van der Waals surface area contributed by atoms with Gasteiger partial charge in [-0.3, -0.25) is 4.79 Å². The van der Waals surface area contributed by atoms with Gasteiger partial charge in [0.15, 0.2) is 5.13 Å². The number of hydrogen-bond donors (Lipinski definition) is 1. The lowest BCUT2D eigenvalue weighted by molar-refractivity contribution is -0.118. The van der Waals surface area contributed by atoms with Gasteiger partial charge in [0.05, 0.1) is 5.69 Å². The Kier molecular flexibility index (Phi) is 3.42. The summed E-state index contributed by atoms with van der Waals surface area (Å²) in [5.41, 5.74) is 1.03. The molecule has 1 heterocycles. The molecule has 1 aromatic heterocycles. The summed E-state index contributed by atoms with van der Waals surface area (Å²) >= 11 is 1.48. The number of nitrogens with one attached hydrogen (secondary N) is 1. The van der Waals surface area contributed by atoms with Crippen LogP contribution in [0.25, 0.3) is 0 Å². The average molecular weight is 198 g/mol. The van der Waals surface area contributed by atoms with Crippen molar-refractivity contribution >= 4 is 22.4 Å². The molecule has 1 N–H and O–H groups in total. The zero-order valence-electron chi connectivity index (χ0n) is 8.13. The third-order valence-electron chi connectivity index (χ3n) is 1.67. The Morgan fingerprint density at radius 1 is 1.69 bits per heavy atom. The van der Waals surface area contributed by atoms with Crippen molar-refractivity contribution in [3.8, 4) is 0 Å². The number of carbonyl (C=O) groups is 1. The van der Waals surface area contributed by atoms with Crippen LogP contribution in [-0.2, 0) is 11.2 Å². The van der Waals surface area contributed by atoms with Crippen LogP contribution < -0.4 is 5.32 Å². The number of aromatic nitrogens is 1. The van der Waals surface area contributed by atoms with Crippen LogP contribution in [0.5, 0.6) is 0 Å². The zero-order chi connectivity index (χ0) is 9.84. The highest BCUT2D eigenvalue weighted by atomic mass is 32.1. The quantitative estimate of drug-likeness (QED) is 0.809. The van der Waals surface area contributed by atoms with Crippen LogP contribution >= 0.6 is 11.3 Å². The number of hydrogen-bond acceptors (Lipinski definition) is 3. The minimum Gasteiger partial charge on any atom is -0.302 e. The molecule has 0 aliphatic rings. The van der Waals surface area contributed by atoms with Crippen LogP contribution in [0.3, 0.4) is 0 Å². The Bertz CT molecular complexity index is 294. The lowest BCUT2D eigenvalue weighted by atomic mass is 10.2. The summed E-state index contributed by atoms with van der Waals surface area (Å²) in [5, 5.41) is 5.44. The maximum atomic E-state index is 11.3. The maximum absolute atomic E-state index is 11.3. The van der Waals surface area contributed by atoms with Crippen molar-refractivity contribution in [2.24, 2.45) is 5.92 Å². The van der Waals surface area contributed by atoms with Crippen molar-refractivity contribution in [1.82, 2.24) is 4.98 Å². The molecule has 0 aromatic carbocycles. The lowest BCUT2D eigenvalue weighted by Gasteiger charge is -2.02. The largest absolute Gasteiger partial charge is 0.302 e. The Hall–Kier alpha value is -0.900. The number of thiazole rings is 1. The fourth-order valence-corrected chi connectivity index (χ4v) is 1.57. The number of carbonyl (C=O) groups excluding carboxylic acids is 1. The predicted molar refractivity (Wildman–Crippen MR) is 55.0 cm³/mol. The number of rotatable bonds is 3. The highest BCUT2D eigenvalue weighted by Gasteiger charge is 2.08. The first-order valence-corrected chi connectivity index (χ1v) is 5.26. The minimum absolute atomic E-state index is 0.00831. The van der Waals surface area contributed by atoms with Gasteiger partial charge >= 0.3 is 0 Å². The van der Waals surface area contributed by atoms with Gasteiger partial charge in [0, 0.05) is 11.3 Å². The third-order valence-corrected chi connectivity index (χ3v) is 2.48. The van der Waals surface area contributed by atoms with Crippen molar-refractivity contribution < 1.29 is 4.79 Å². The SMILES string of the molecule is CCc1csc(NC(=O)C(C)C)n1. The van der Waals surface area contributed by atoms with E-state index in [1.807, 2.05) is 26.2 Å². The first-order chi connectivity index (χ1) is 6.13. The van der Waals surface area contributed by atoms with Crippen LogP contribution in [0.4, 0.5) is 5.13 Å². The van der Waals surface area contributed by atoms with Gasteiger partial charge in [0.2, 0.25) is 5.91 Å². The summed E-state index contributed by atoms with van der Waals surface area (Å²) in [7, 11) is 0. The molecule has 0 radical (unpaired) electrons. The molecule has 1 amide bonds. The standard InChI is InChI=1S/C9H14N2OS/c1-4-7-5-13-9(10-7)11-8(12)6(2)3/h5-6H,4H2,1-3H3,(H,10,11,12). The molecule has 3 nitrogen and oxygen atoms in total. The smallest absolute Gasteiger partial charge is 0.228 e. The zero-order valence-corrected chi connectivity index (χ0v) is 8.94. The van der Waals surface area contributed by atoms with E-state index in [0.717, 1.165) is 12.1 Å². The van der Waals surface area contributed by atoms with Gasteiger partial charge in [0.25, 0.3) is 0 Å². The van der Waals surface area contributed by atoms with E-state index in [-0.39, 0.29) is 11.8 Å². The van der Waals surface area contributed by atoms with Crippen molar-refractivity contribution in [3.05, 3.63) is 11.1 Å². The number of nitrogens with zero attached hydrogens (tertiary/aromatic N) is 1. The molecule has 0 fully saturated rings. The monoisotopic (exact) mass is 198 g/mol. The lowest BCUT2D eigenvalue weighted by Crippen LogP contribution is -2.17. The second-order valence-corrected chi connectivity index (χ2v) is 4.00. The topological polar surface area (TPSA) is 42.0 Å². The van der Waals surface area contributed by atoms with Crippen LogP contribution in [-0.4, -0.2) is 10.9 Å². The number of amides is 1. The van der Waals surface area contributed by atoms with Crippen LogP contribution in [0, 0.1) is 5.92 Å². The summed E-state index contributed by atoms with van der Waals surface area (Å²) in [6.45, 7) is 5.77. The van der Waals surface area contributed by atoms with E-state index in [4.69, 9.17) is 0 Å². The molecule has 1 aromatic rings. The van der Waals surface area contributed by atoms with Crippen molar-refractivity contribution in [2.45, 2.75) is 27.2 Å². The summed E-state index contributed by atoms with van der Waals surface area (Å²) < 4.78 is 0. The summed E-state index contributed by atoms with van der Waals surface area (Å²) in [5.74, 6) is 0.0333. The highest BCUT2D eigenvalue weighted by molar-refractivity contribution is 7.13. The molecule has 13 heavy (non-hydrogen) atoms. The molecule has 0 saturated heterocycles. The predicted octanol–water partition coefficient (Wildman–Crippen LogP) is 2.30. The molecule has 0 atom stereocenters. The Balaban J connectivity index is 2.59. The van der Waals surface area contributed by atoms with Gasteiger partial charge in [-0.2, -0.15) is 0 Å². The molecule has 0 unspecified atom stereocenters. The van der Waals surface area contributed by atoms with Gasteiger partial charge in [-0.25, -0.2) is 4.98 Å². The molecule has 0 bridgehead atoms. The highest BCUT2D eigenvalue weighted by Crippen LogP contribution is 2.16. The van der Waals surface area contributed by atoms with E-state index < -0.39 is 0 Å². The fourth-order valence-electron chi connectivity index (χ4n) is 0.777. The Morgan fingerprint density at radius 3 is 2.85 bits per heavy atom. The van der Waals surface area contributed by atoms with Crippen LogP contribution in [0.15, 0.2) is 5.38 Å². The maximum Gasteiger partial charge on any atom is 0.228 e. The van der Waals surface area contributed by atoms with E-state index in [2.05, 4.69) is 10.3 Å². The van der Waals surface area contributed by atoms with Gasteiger partial charge in [-0.1, -0.05) is 20.8 Å². The Labute approximate surface area is 82.2 Å². The summed E-state index contributed by atoms with van der Waals surface area (Å²) in [6.07, 6.45) is 0.911. The molecular formula is C9H14N2OS. The molecule has 0 aliphatic heterocycles. The van der Waals surface area contributed by atoms with E-state index in [9.17, 15) is 4.79 Å². The average Bonchev–Trinajstić information content (AvgIpc) is 2.52. The first kappa shape index (κ1) is 10.2. The summed E-state index contributed by atoms with van der Waals surface area (Å²) in [6, 6.07) is 0. The van der Waals surface area contributed by atoms with Crippen LogP contribution in [0.2, 0.25) is 0 Å². The molecule has 0 spiro atoms. The molecule has 0 saturated carbocycles.